The molecule has 1 aliphatic rings. The Morgan fingerprint density at radius 3 is 3.29 bits per heavy atom. The van der Waals surface area contributed by atoms with E-state index in [0.29, 0.717) is 5.92 Å². The van der Waals surface area contributed by atoms with Gasteiger partial charge in [0.25, 0.3) is 0 Å². The number of hydrogen-bond acceptors (Lipinski definition) is 3. The molecule has 5 heteroatoms. The van der Waals surface area contributed by atoms with Gasteiger partial charge in [0.2, 0.25) is 5.95 Å². The number of halogens is 1. The van der Waals surface area contributed by atoms with Crippen molar-refractivity contribution < 1.29 is 4.74 Å². The Morgan fingerprint density at radius 1 is 1.79 bits per heavy atom. The molecule has 0 aliphatic carbocycles. The topological polar surface area (TPSA) is 41.1 Å². The van der Waals surface area contributed by atoms with E-state index in [9.17, 15) is 0 Å². The molecule has 78 valence electrons. The van der Waals surface area contributed by atoms with Crippen LogP contribution in [0.15, 0.2) is 6.20 Å². The second-order valence-electron chi connectivity index (χ2n) is 3.61. The maximum Gasteiger partial charge on any atom is 0.203 e. The van der Waals surface area contributed by atoms with Gasteiger partial charge < -0.3 is 14.6 Å². The van der Waals surface area contributed by atoms with Crippen LogP contribution in [0, 0.1) is 9.62 Å². The second-order valence-corrected chi connectivity index (χ2v) is 4.77. The molecular formula is C9H14IN3O. The standard InChI is InChI=1S/C9H14IN3O/c1-14-6-7-2-3-13(5-7)9-11-4-8(10)12-9/h4,7H,2-3,5-6H2,1H3,(H,11,12). The number of methoxy groups -OCH3 is 1. The Balaban J connectivity index is 1.95. The molecule has 0 aromatic carbocycles. The largest absolute Gasteiger partial charge is 0.384 e. The van der Waals surface area contributed by atoms with Crippen molar-refractivity contribution in [3.63, 3.8) is 0 Å². The van der Waals surface area contributed by atoms with E-state index in [1.807, 2.05) is 6.20 Å². The number of imidazole rings is 1. The first kappa shape index (κ1) is 10.2. The number of ether oxygens (including phenoxy) is 1. The molecule has 0 bridgehead atoms. The summed E-state index contributed by atoms with van der Waals surface area (Å²) in [5, 5.41) is 0. The summed E-state index contributed by atoms with van der Waals surface area (Å²) in [6, 6.07) is 0. The smallest absolute Gasteiger partial charge is 0.203 e. The quantitative estimate of drug-likeness (QED) is 0.860. The highest BCUT2D eigenvalue weighted by Crippen LogP contribution is 2.21. The summed E-state index contributed by atoms with van der Waals surface area (Å²) in [5.41, 5.74) is 0. The van der Waals surface area contributed by atoms with E-state index in [0.717, 1.165) is 29.3 Å². The molecule has 2 rings (SSSR count). The van der Waals surface area contributed by atoms with Crippen molar-refractivity contribution in [3.8, 4) is 0 Å². The highest BCUT2D eigenvalue weighted by Gasteiger charge is 2.23. The van der Waals surface area contributed by atoms with Crippen LogP contribution in [0.1, 0.15) is 6.42 Å². The molecule has 0 amide bonds. The van der Waals surface area contributed by atoms with Crippen LogP contribution in [0.2, 0.25) is 0 Å². The average molecular weight is 307 g/mol. The van der Waals surface area contributed by atoms with Crippen molar-refractivity contribution in [1.82, 2.24) is 9.97 Å². The second kappa shape index (κ2) is 4.48. The van der Waals surface area contributed by atoms with Crippen molar-refractivity contribution in [2.24, 2.45) is 5.92 Å². The molecule has 1 N–H and O–H groups in total. The third-order valence-corrected chi connectivity index (χ3v) is 3.07. The van der Waals surface area contributed by atoms with Gasteiger partial charge in [-0.25, -0.2) is 4.98 Å². The van der Waals surface area contributed by atoms with Crippen molar-refractivity contribution >= 4 is 28.5 Å². The highest BCUT2D eigenvalue weighted by atomic mass is 127. The minimum absolute atomic E-state index is 0.655. The Kier molecular flexibility index (Phi) is 3.27. The van der Waals surface area contributed by atoms with E-state index in [2.05, 4.69) is 37.5 Å². The minimum Gasteiger partial charge on any atom is -0.384 e. The number of anilines is 1. The molecule has 1 atom stereocenters. The van der Waals surface area contributed by atoms with Crippen LogP contribution in [0.25, 0.3) is 0 Å². The first-order chi connectivity index (χ1) is 6.79. The van der Waals surface area contributed by atoms with Gasteiger partial charge in [0, 0.05) is 26.1 Å². The third-order valence-electron chi connectivity index (χ3n) is 2.52. The van der Waals surface area contributed by atoms with Gasteiger partial charge in [0.05, 0.1) is 16.5 Å². The fourth-order valence-corrected chi connectivity index (χ4v) is 2.23. The normalized spacial score (nSPS) is 21.9. The van der Waals surface area contributed by atoms with E-state index in [-0.39, 0.29) is 0 Å². The summed E-state index contributed by atoms with van der Waals surface area (Å²) in [6.07, 6.45) is 3.06. The maximum atomic E-state index is 5.16. The van der Waals surface area contributed by atoms with E-state index in [4.69, 9.17) is 4.74 Å². The lowest BCUT2D eigenvalue weighted by Crippen LogP contribution is -2.22. The molecule has 2 heterocycles. The molecule has 1 aromatic heterocycles. The van der Waals surface area contributed by atoms with Gasteiger partial charge in [-0.15, -0.1) is 0 Å². The van der Waals surface area contributed by atoms with Crippen molar-refractivity contribution in [2.75, 3.05) is 31.7 Å². The summed E-state index contributed by atoms with van der Waals surface area (Å²) < 4.78 is 6.25. The van der Waals surface area contributed by atoms with E-state index in [1.165, 1.54) is 6.42 Å². The molecule has 1 aromatic rings. The van der Waals surface area contributed by atoms with Crippen molar-refractivity contribution in [2.45, 2.75) is 6.42 Å². The lowest BCUT2D eigenvalue weighted by molar-refractivity contribution is 0.161. The number of hydrogen-bond donors (Lipinski definition) is 1. The predicted molar refractivity (Wildman–Crippen MR) is 63.5 cm³/mol. The molecule has 1 unspecified atom stereocenters. The number of rotatable bonds is 3. The zero-order chi connectivity index (χ0) is 9.97. The van der Waals surface area contributed by atoms with Gasteiger partial charge in [-0.05, 0) is 29.0 Å². The van der Waals surface area contributed by atoms with Crippen LogP contribution in [0.5, 0.6) is 0 Å². The van der Waals surface area contributed by atoms with Crippen LogP contribution < -0.4 is 4.90 Å². The van der Waals surface area contributed by atoms with Gasteiger partial charge in [-0.3, -0.25) is 0 Å². The maximum absolute atomic E-state index is 5.16. The minimum atomic E-state index is 0.655. The fraction of sp³-hybridized carbons (Fsp3) is 0.667. The molecule has 1 saturated heterocycles. The van der Waals surface area contributed by atoms with E-state index >= 15 is 0 Å². The third kappa shape index (κ3) is 2.20. The first-order valence-corrected chi connectivity index (χ1v) is 5.82. The molecule has 0 radical (unpaired) electrons. The summed E-state index contributed by atoms with van der Waals surface area (Å²) in [4.78, 5) is 9.84. The number of nitrogens with zero attached hydrogens (tertiary/aromatic N) is 2. The average Bonchev–Trinajstić information content (AvgIpc) is 2.74. The van der Waals surface area contributed by atoms with E-state index in [1.54, 1.807) is 7.11 Å². The lowest BCUT2D eigenvalue weighted by Gasteiger charge is -2.14. The van der Waals surface area contributed by atoms with Gasteiger partial charge in [0.1, 0.15) is 0 Å². The molecular weight excluding hydrogens is 293 g/mol. The number of aromatic amines is 1. The number of nitrogens with one attached hydrogen (secondary N) is 1. The predicted octanol–water partition coefficient (Wildman–Crippen LogP) is 1.49. The molecule has 0 saturated carbocycles. The van der Waals surface area contributed by atoms with Crippen LogP contribution in [0.4, 0.5) is 5.95 Å². The summed E-state index contributed by atoms with van der Waals surface area (Å²) in [5.74, 6) is 1.65. The number of aromatic nitrogens is 2. The fourth-order valence-electron chi connectivity index (χ4n) is 1.85. The Labute approximate surface area is 97.2 Å². The van der Waals surface area contributed by atoms with Crippen LogP contribution >= 0.6 is 22.6 Å². The molecule has 0 spiro atoms. The van der Waals surface area contributed by atoms with Crippen molar-refractivity contribution in [3.05, 3.63) is 9.90 Å². The highest BCUT2D eigenvalue weighted by molar-refractivity contribution is 14.1. The van der Waals surface area contributed by atoms with Crippen LogP contribution in [-0.4, -0.2) is 36.8 Å². The van der Waals surface area contributed by atoms with E-state index < -0.39 is 0 Å². The van der Waals surface area contributed by atoms with Gasteiger partial charge in [0.15, 0.2) is 0 Å². The van der Waals surface area contributed by atoms with Crippen LogP contribution in [-0.2, 0) is 4.74 Å². The van der Waals surface area contributed by atoms with Gasteiger partial charge >= 0.3 is 0 Å². The molecule has 4 nitrogen and oxygen atoms in total. The first-order valence-electron chi connectivity index (χ1n) is 4.74. The summed E-state index contributed by atoms with van der Waals surface area (Å²) >= 11 is 2.24. The molecule has 1 fully saturated rings. The Bertz CT molecular complexity index is 302. The lowest BCUT2D eigenvalue weighted by atomic mass is 10.1. The Morgan fingerprint density at radius 2 is 2.64 bits per heavy atom. The number of H-pyrrole nitrogens is 1. The summed E-state index contributed by atoms with van der Waals surface area (Å²) in [7, 11) is 1.76. The van der Waals surface area contributed by atoms with Gasteiger partial charge in [-0.1, -0.05) is 0 Å². The summed E-state index contributed by atoms with van der Waals surface area (Å²) in [6.45, 7) is 2.99. The Hall–Kier alpha value is -0.300. The SMILES string of the molecule is COCC1CCN(c2ncc(I)[nH]2)C1. The molecule has 1 aliphatic heterocycles. The molecule has 14 heavy (non-hydrogen) atoms. The van der Waals surface area contributed by atoms with Crippen LogP contribution in [0.3, 0.4) is 0 Å². The van der Waals surface area contributed by atoms with Crippen molar-refractivity contribution in [1.29, 1.82) is 0 Å². The zero-order valence-corrected chi connectivity index (χ0v) is 10.3. The van der Waals surface area contributed by atoms with Gasteiger partial charge in [-0.2, -0.15) is 0 Å². The monoisotopic (exact) mass is 307 g/mol. The zero-order valence-electron chi connectivity index (χ0n) is 8.16.